The molecule has 3 heterocycles. The van der Waals surface area contributed by atoms with Gasteiger partial charge in [0, 0.05) is 47.7 Å². The molecule has 11 heteroatoms. The van der Waals surface area contributed by atoms with E-state index in [1.165, 1.54) is 17.0 Å². The molecule has 0 spiro atoms. The Kier molecular flexibility index (Phi) is 6.18. The Labute approximate surface area is 206 Å². The van der Waals surface area contributed by atoms with E-state index < -0.39 is 4.92 Å². The van der Waals surface area contributed by atoms with Crippen molar-refractivity contribution in [1.29, 1.82) is 0 Å². The van der Waals surface area contributed by atoms with E-state index >= 15 is 0 Å². The largest absolute Gasteiger partial charge is 0.493 e. The van der Waals surface area contributed by atoms with E-state index in [-0.39, 0.29) is 19.1 Å². The van der Waals surface area contributed by atoms with Crippen LogP contribution in [0.2, 0.25) is 0 Å². The molecule has 3 aromatic heterocycles. The highest BCUT2D eigenvalue weighted by molar-refractivity contribution is 5.95. The van der Waals surface area contributed by atoms with Crippen LogP contribution in [0.3, 0.4) is 0 Å². The molecule has 0 unspecified atom stereocenters. The zero-order chi connectivity index (χ0) is 25.1. The first-order chi connectivity index (χ1) is 17.5. The predicted molar refractivity (Wildman–Crippen MR) is 135 cm³/mol. The minimum atomic E-state index is -0.530. The van der Waals surface area contributed by atoms with Gasteiger partial charge in [-0.15, -0.1) is 0 Å². The van der Waals surface area contributed by atoms with Crippen molar-refractivity contribution in [3.05, 3.63) is 83.4 Å². The van der Waals surface area contributed by atoms with Crippen molar-refractivity contribution in [2.45, 2.75) is 6.54 Å². The number of anilines is 2. The second-order valence-corrected chi connectivity index (χ2v) is 7.95. The van der Waals surface area contributed by atoms with Gasteiger partial charge in [0.05, 0.1) is 12.8 Å². The van der Waals surface area contributed by atoms with Crippen molar-refractivity contribution in [2.75, 3.05) is 19.0 Å². The topological polar surface area (TPSA) is 122 Å². The van der Waals surface area contributed by atoms with Gasteiger partial charge in [0.25, 0.3) is 0 Å². The van der Waals surface area contributed by atoms with Crippen LogP contribution in [0.5, 0.6) is 11.5 Å². The molecule has 0 fully saturated rings. The molecule has 0 aliphatic carbocycles. The zero-order valence-electron chi connectivity index (χ0n) is 19.7. The maximum atomic E-state index is 11.1. The summed E-state index contributed by atoms with van der Waals surface area (Å²) in [5, 5.41) is 15.4. The number of rotatable bonds is 9. The Balaban J connectivity index is 1.34. The van der Waals surface area contributed by atoms with E-state index in [9.17, 15) is 10.1 Å². The number of para-hydroxylation sites is 1. The van der Waals surface area contributed by atoms with Crippen LogP contribution in [0, 0.1) is 10.1 Å². The molecule has 1 N–H and O–H groups in total. The Morgan fingerprint density at radius 2 is 1.94 bits per heavy atom. The summed E-state index contributed by atoms with van der Waals surface area (Å²) in [7, 11) is 3.56. The van der Waals surface area contributed by atoms with Crippen LogP contribution >= 0.6 is 0 Å². The zero-order valence-corrected chi connectivity index (χ0v) is 19.7. The maximum Gasteiger partial charge on any atom is 0.434 e. The number of aromatic nitrogens is 5. The highest BCUT2D eigenvalue weighted by Crippen LogP contribution is 2.32. The Bertz CT molecular complexity index is 1540. The van der Waals surface area contributed by atoms with E-state index in [0.29, 0.717) is 23.1 Å². The molecule has 5 aromatic rings. The van der Waals surface area contributed by atoms with Gasteiger partial charge in [0.1, 0.15) is 25.5 Å². The lowest BCUT2D eigenvalue weighted by Crippen LogP contribution is -2.10. The highest BCUT2D eigenvalue weighted by atomic mass is 16.6. The second kappa shape index (κ2) is 9.74. The number of ether oxygens (including phenoxy) is 2. The highest BCUT2D eigenvalue weighted by Gasteiger charge is 2.15. The summed E-state index contributed by atoms with van der Waals surface area (Å²) in [6, 6.07) is 15.4. The molecule has 182 valence electrons. The van der Waals surface area contributed by atoms with E-state index in [1.807, 2.05) is 31.3 Å². The fraction of sp³-hybridized carbons (Fsp3) is 0.160. The van der Waals surface area contributed by atoms with Gasteiger partial charge in [-0.25, -0.2) is 14.5 Å². The van der Waals surface area contributed by atoms with E-state index in [0.717, 1.165) is 22.2 Å². The third kappa shape index (κ3) is 4.53. The number of benzene rings is 2. The summed E-state index contributed by atoms with van der Waals surface area (Å²) in [6.45, 7) is 0.442. The van der Waals surface area contributed by atoms with Gasteiger partial charge >= 0.3 is 5.95 Å². The molecule has 11 nitrogen and oxygen atoms in total. The number of nitrogens with zero attached hydrogens (tertiary/aromatic N) is 6. The molecule has 0 saturated heterocycles. The third-order valence-corrected chi connectivity index (χ3v) is 5.69. The van der Waals surface area contributed by atoms with Crippen molar-refractivity contribution in [1.82, 2.24) is 24.1 Å². The van der Waals surface area contributed by atoms with Crippen LogP contribution in [0.15, 0.2) is 73.3 Å². The lowest BCUT2D eigenvalue weighted by molar-refractivity contribution is -0.396. The first-order valence-electron chi connectivity index (χ1n) is 11.1. The molecule has 0 bridgehead atoms. The van der Waals surface area contributed by atoms with Gasteiger partial charge in [0.2, 0.25) is 5.95 Å². The van der Waals surface area contributed by atoms with Crippen LogP contribution in [0.4, 0.5) is 17.6 Å². The fourth-order valence-electron chi connectivity index (χ4n) is 4.01. The minimum absolute atomic E-state index is 0.185. The van der Waals surface area contributed by atoms with Crippen LogP contribution in [-0.4, -0.2) is 42.7 Å². The number of nitrogens with one attached hydrogen (secondary N) is 1. The number of fused-ring (bicyclic) bond motifs is 1. The molecule has 0 saturated carbocycles. The molecule has 0 radical (unpaired) electrons. The van der Waals surface area contributed by atoms with Crippen molar-refractivity contribution >= 4 is 28.5 Å². The Hall–Kier alpha value is -4.93. The van der Waals surface area contributed by atoms with E-state index in [2.05, 4.69) is 38.2 Å². The summed E-state index contributed by atoms with van der Waals surface area (Å²) in [5.74, 6) is 1.22. The number of methoxy groups -OCH3 is 1. The molecule has 0 aliphatic heterocycles. The van der Waals surface area contributed by atoms with Crippen LogP contribution < -0.4 is 14.8 Å². The van der Waals surface area contributed by atoms with Crippen molar-refractivity contribution < 1.29 is 14.4 Å². The van der Waals surface area contributed by atoms with Gasteiger partial charge in [0.15, 0.2) is 11.5 Å². The van der Waals surface area contributed by atoms with Gasteiger partial charge in [-0.3, -0.25) is 0 Å². The minimum Gasteiger partial charge on any atom is -0.493 e. The van der Waals surface area contributed by atoms with Gasteiger partial charge in [-0.05, 0) is 29.2 Å². The number of imidazole rings is 1. The monoisotopic (exact) mass is 485 g/mol. The summed E-state index contributed by atoms with van der Waals surface area (Å²) in [4.78, 5) is 23.3. The van der Waals surface area contributed by atoms with Crippen molar-refractivity contribution in [2.24, 2.45) is 7.05 Å². The fourth-order valence-corrected chi connectivity index (χ4v) is 4.01. The van der Waals surface area contributed by atoms with Gasteiger partial charge in [-0.2, -0.15) is 0 Å². The first-order valence-corrected chi connectivity index (χ1v) is 11.1. The van der Waals surface area contributed by atoms with Crippen molar-refractivity contribution in [3.8, 4) is 22.8 Å². The smallest absolute Gasteiger partial charge is 0.434 e. The predicted octanol–water partition coefficient (Wildman–Crippen LogP) is 4.57. The molecule has 2 aromatic carbocycles. The molecule has 0 atom stereocenters. The summed E-state index contributed by atoms with van der Waals surface area (Å²) >= 11 is 0. The van der Waals surface area contributed by atoms with Crippen molar-refractivity contribution in [3.63, 3.8) is 0 Å². The summed E-state index contributed by atoms with van der Waals surface area (Å²) in [5.41, 5.74) is 3.65. The molecule has 0 amide bonds. The number of hydrogen-bond donors (Lipinski definition) is 1. The van der Waals surface area contributed by atoms with Gasteiger partial charge < -0.3 is 29.5 Å². The average Bonchev–Trinajstić information content (AvgIpc) is 3.49. The van der Waals surface area contributed by atoms with Crippen LogP contribution in [0.25, 0.3) is 22.2 Å². The van der Waals surface area contributed by atoms with Crippen LogP contribution in [0.1, 0.15) is 0 Å². The molecule has 36 heavy (non-hydrogen) atoms. The standard InChI is InChI=1S/C25H23N7O4/c1-30-16-19(18-5-3-4-6-21(18)30)20-9-10-26-24(29-20)28-17-7-8-22(35-2)23(15-17)36-14-13-31-12-11-27-25(31)32(33)34/h3-12,15-16H,13-14H2,1-2H3,(H,26,28,29). The Morgan fingerprint density at radius 3 is 2.78 bits per heavy atom. The summed E-state index contributed by atoms with van der Waals surface area (Å²) < 4.78 is 14.8. The Morgan fingerprint density at radius 1 is 1.08 bits per heavy atom. The quantitative estimate of drug-likeness (QED) is 0.238. The van der Waals surface area contributed by atoms with E-state index in [1.54, 1.807) is 25.4 Å². The SMILES string of the molecule is COc1ccc(Nc2nccc(-c3cn(C)c4ccccc34)n2)cc1OCCn1ccnc1[N+](=O)[O-]. The first kappa shape index (κ1) is 22.8. The molecular formula is C25H23N7O4. The molecule has 5 rings (SSSR count). The number of hydrogen-bond acceptors (Lipinski definition) is 8. The van der Waals surface area contributed by atoms with Crippen LogP contribution in [-0.2, 0) is 13.6 Å². The lowest BCUT2D eigenvalue weighted by Gasteiger charge is -2.13. The van der Waals surface area contributed by atoms with Gasteiger partial charge in [-0.1, -0.05) is 23.2 Å². The molecular weight excluding hydrogens is 462 g/mol. The molecule has 0 aliphatic rings. The lowest BCUT2D eigenvalue weighted by atomic mass is 10.1. The van der Waals surface area contributed by atoms with E-state index in [4.69, 9.17) is 14.5 Å². The summed E-state index contributed by atoms with van der Waals surface area (Å²) in [6.07, 6.45) is 6.69. The number of aryl methyl sites for hydroxylation is 1. The third-order valence-electron chi connectivity index (χ3n) is 5.69. The maximum absolute atomic E-state index is 11.1. The second-order valence-electron chi connectivity index (χ2n) is 7.95. The number of nitro groups is 1. The average molecular weight is 486 g/mol. The normalized spacial score (nSPS) is 10.9.